The van der Waals surface area contributed by atoms with Crippen LogP contribution in [0.5, 0.6) is 11.5 Å². The van der Waals surface area contributed by atoms with E-state index in [9.17, 15) is 19.7 Å². The second-order valence-electron chi connectivity index (χ2n) is 7.36. The smallest absolute Gasteiger partial charge is 0.343 e. The van der Waals surface area contributed by atoms with Gasteiger partial charge in [0.05, 0.1) is 10.5 Å². The number of carbonyl (C=O) groups is 2. The van der Waals surface area contributed by atoms with E-state index in [2.05, 4.69) is 6.92 Å². The van der Waals surface area contributed by atoms with Gasteiger partial charge in [-0.05, 0) is 42.8 Å². The van der Waals surface area contributed by atoms with Crippen molar-refractivity contribution in [2.24, 2.45) is 0 Å². The molecule has 7 heteroatoms. The Morgan fingerprint density at radius 1 is 0.774 bits per heavy atom. The van der Waals surface area contributed by atoms with Crippen LogP contribution < -0.4 is 9.47 Å². The number of ether oxygens (including phenoxy) is 2. The predicted octanol–water partition coefficient (Wildman–Crippen LogP) is 6.25. The van der Waals surface area contributed by atoms with Gasteiger partial charge in [0.15, 0.2) is 0 Å². The molecule has 0 fully saturated rings. The Morgan fingerprint density at radius 3 is 1.87 bits per heavy atom. The van der Waals surface area contributed by atoms with Gasteiger partial charge in [-0.3, -0.25) is 14.9 Å². The predicted molar refractivity (Wildman–Crippen MR) is 117 cm³/mol. The van der Waals surface area contributed by atoms with Gasteiger partial charge in [0.2, 0.25) is 0 Å². The number of non-ortho nitro benzene ring substituents is 1. The van der Waals surface area contributed by atoms with Crippen molar-refractivity contribution in [3.8, 4) is 11.5 Å². The fourth-order valence-electron chi connectivity index (χ4n) is 3.05. The normalized spacial score (nSPS) is 10.5. The Bertz CT molecular complexity index is 845. The van der Waals surface area contributed by atoms with Gasteiger partial charge in [-0.25, -0.2) is 4.79 Å². The Kier molecular flexibility index (Phi) is 10.2. The molecule has 0 radical (unpaired) electrons. The largest absolute Gasteiger partial charge is 0.427 e. The maximum atomic E-state index is 12.2. The third-order valence-corrected chi connectivity index (χ3v) is 4.81. The zero-order valence-corrected chi connectivity index (χ0v) is 17.9. The molecule has 166 valence electrons. The molecule has 0 saturated heterocycles. The van der Waals surface area contributed by atoms with E-state index in [1.165, 1.54) is 80.6 Å². The molecule has 2 rings (SSSR count). The Labute approximate surface area is 182 Å². The first kappa shape index (κ1) is 24.1. The number of benzene rings is 2. The molecule has 0 aliphatic heterocycles. The summed E-state index contributed by atoms with van der Waals surface area (Å²) in [5.41, 5.74) is 0.194. The van der Waals surface area contributed by atoms with E-state index in [4.69, 9.17) is 9.47 Å². The molecule has 0 unspecified atom stereocenters. The minimum absolute atomic E-state index is 0.0852. The zero-order valence-electron chi connectivity index (χ0n) is 17.9. The van der Waals surface area contributed by atoms with E-state index < -0.39 is 10.9 Å². The van der Waals surface area contributed by atoms with Crippen molar-refractivity contribution in [1.29, 1.82) is 0 Å². The third-order valence-electron chi connectivity index (χ3n) is 4.81. The maximum Gasteiger partial charge on any atom is 0.343 e. The highest BCUT2D eigenvalue weighted by Gasteiger charge is 2.12. The van der Waals surface area contributed by atoms with Gasteiger partial charge in [-0.2, -0.15) is 0 Å². The van der Waals surface area contributed by atoms with Gasteiger partial charge in [-0.1, -0.05) is 51.9 Å². The molecule has 0 amide bonds. The van der Waals surface area contributed by atoms with E-state index in [0.29, 0.717) is 12.2 Å². The van der Waals surface area contributed by atoms with Crippen LogP contribution in [-0.4, -0.2) is 16.9 Å². The SMILES string of the molecule is CCCCCCCCCCC(=O)Oc1ccc(C(=O)Oc2ccc([N+](=O)[O-])cc2)cc1. The van der Waals surface area contributed by atoms with Gasteiger partial charge >= 0.3 is 11.9 Å². The van der Waals surface area contributed by atoms with E-state index in [-0.39, 0.29) is 23.0 Å². The second kappa shape index (κ2) is 13.2. The van der Waals surface area contributed by atoms with Crippen LogP contribution in [0.3, 0.4) is 0 Å². The lowest BCUT2D eigenvalue weighted by atomic mass is 10.1. The first-order valence-electron chi connectivity index (χ1n) is 10.8. The van der Waals surface area contributed by atoms with Gasteiger partial charge in [0.25, 0.3) is 5.69 Å². The van der Waals surface area contributed by atoms with Crippen molar-refractivity contribution in [3.63, 3.8) is 0 Å². The summed E-state index contributed by atoms with van der Waals surface area (Å²) in [7, 11) is 0. The zero-order chi connectivity index (χ0) is 22.5. The Hall–Kier alpha value is -3.22. The van der Waals surface area contributed by atoms with Crippen LogP contribution in [0.25, 0.3) is 0 Å². The lowest BCUT2D eigenvalue weighted by Gasteiger charge is -2.07. The molecule has 31 heavy (non-hydrogen) atoms. The average Bonchev–Trinajstić information content (AvgIpc) is 2.76. The summed E-state index contributed by atoms with van der Waals surface area (Å²) in [6, 6.07) is 11.3. The van der Waals surface area contributed by atoms with E-state index >= 15 is 0 Å². The van der Waals surface area contributed by atoms with Crippen LogP contribution in [0.4, 0.5) is 5.69 Å². The summed E-state index contributed by atoms with van der Waals surface area (Å²) >= 11 is 0. The number of hydrogen-bond donors (Lipinski definition) is 0. The van der Waals surface area contributed by atoms with E-state index in [1.54, 1.807) is 0 Å². The van der Waals surface area contributed by atoms with Gasteiger partial charge in [0, 0.05) is 18.6 Å². The standard InChI is InChI=1S/C24H29NO6/c1-2-3-4-5-6-7-8-9-10-23(26)30-21-15-11-19(12-16-21)24(27)31-22-17-13-20(14-18-22)25(28)29/h11-18H,2-10H2,1H3. The van der Waals surface area contributed by atoms with E-state index in [1.807, 2.05) is 0 Å². The fourth-order valence-corrected chi connectivity index (χ4v) is 3.05. The van der Waals surface area contributed by atoms with Crippen molar-refractivity contribution in [2.75, 3.05) is 0 Å². The highest BCUT2D eigenvalue weighted by atomic mass is 16.6. The molecule has 2 aromatic rings. The summed E-state index contributed by atoms with van der Waals surface area (Å²) in [5.74, 6) is -0.314. The fraction of sp³-hybridized carbons (Fsp3) is 0.417. The van der Waals surface area contributed by atoms with Crippen LogP contribution in [0.1, 0.15) is 75.1 Å². The molecular weight excluding hydrogens is 398 g/mol. The van der Waals surface area contributed by atoms with Gasteiger partial charge in [-0.15, -0.1) is 0 Å². The molecule has 0 bridgehead atoms. The van der Waals surface area contributed by atoms with Crippen molar-refractivity contribution in [2.45, 2.75) is 64.7 Å². The number of esters is 2. The highest BCUT2D eigenvalue weighted by Crippen LogP contribution is 2.20. The van der Waals surface area contributed by atoms with Crippen molar-refractivity contribution in [3.05, 3.63) is 64.2 Å². The number of unbranched alkanes of at least 4 members (excludes halogenated alkanes) is 7. The third kappa shape index (κ3) is 8.99. The summed E-state index contributed by atoms with van der Waals surface area (Å²) in [6.45, 7) is 2.20. The van der Waals surface area contributed by atoms with Crippen LogP contribution in [0.2, 0.25) is 0 Å². The quantitative estimate of drug-likeness (QED) is 0.123. The maximum absolute atomic E-state index is 12.2. The number of carbonyl (C=O) groups excluding carboxylic acids is 2. The van der Waals surface area contributed by atoms with Crippen LogP contribution >= 0.6 is 0 Å². The van der Waals surface area contributed by atoms with Crippen molar-refractivity contribution < 1.29 is 24.0 Å². The molecule has 2 aromatic carbocycles. The lowest BCUT2D eigenvalue weighted by Crippen LogP contribution is -2.10. The lowest BCUT2D eigenvalue weighted by molar-refractivity contribution is -0.384. The Balaban J connectivity index is 1.71. The molecule has 0 aromatic heterocycles. The number of rotatable bonds is 13. The molecule has 0 aliphatic carbocycles. The van der Waals surface area contributed by atoms with Gasteiger partial charge < -0.3 is 9.47 Å². The van der Waals surface area contributed by atoms with Crippen molar-refractivity contribution in [1.82, 2.24) is 0 Å². The second-order valence-corrected chi connectivity index (χ2v) is 7.36. The Morgan fingerprint density at radius 2 is 1.29 bits per heavy atom. The highest BCUT2D eigenvalue weighted by molar-refractivity contribution is 5.91. The molecule has 0 atom stereocenters. The number of hydrogen-bond acceptors (Lipinski definition) is 6. The summed E-state index contributed by atoms with van der Waals surface area (Å²) in [6.07, 6.45) is 9.65. The summed E-state index contributed by atoms with van der Waals surface area (Å²) in [5, 5.41) is 10.7. The van der Waals surface area contributed by atoms with Crippen LogP contribution in [0.15, 0.2) is 48.5 Å². The molecule has 0 N–H and O–H groups in total. The number of nitro benzene ring substituents is 1. The topological polar surface area (TPSA) is 95.7 Å². The van der Waals surface area contributed by atoms with Gasteiger partial charge in [0.1, 0.15) is 11.5 Å². The number of nitro groups is 1. The summed E-state index contributed by atoms with van der Waals surface area (Å²) < 4.78 is 10.5. The first-order chi connectivity index (χ1) is 15.0. The van der Waals surface area contributed by atoms with Crippen molar-refractivity contribution >= 4 is 17.6 Å². The monoisotopic (exact) mass is 427 g/mol. The average molecular weight is 427 g/mol. The summed E-state index contributed by atoms with van der Waals surface area (Å²) in [4.78, 5) is 34.3. The molecule has 0 saturated carbocycles. The minimum atomic E-state index is -0.606. The van der Waals surface area contributed by atoms with E-state index in [0.717, 1.165) is 19.3 Å². The molecule has 7 nitrogen and oxygen atoms in total. The van der Waals surface area contributed by atoms with Crippen LogP contribution in [-0.2, 0) is 4.79 Å². The molecule has 0 heterocycles. The van der Waals surface area contributed by atoms with Crippen LogP contribution in [0, 0.1) is 10.1 Å². The molecule has 0 aliphatic rings. The number of nitrogens with zero attached hydrogens (tertiary/aromatic N) is 1. The minimum Gasteiger partial charge on any atom is -0.427 e. The molecular formula is C24H29NO6. The molecule has 0 spiro atoms. The first-order valence-corrected chi connectivity index (χ1v) is 10.8.